The maximum atomic E-state index is 2.33. The topological polar surface area (TPSA) is 0 Å². The van der Waals surface area contributed by atoms with Crippen molar-refractivity contribution < 1.29 is 0 Å². The molecular formula is C14H16. The highest BCUT2D eigenvalue weighted by Crippen LogP contribution is 2.28. The minimum atomic E-state index is 1.10. The molecule has 0 fully saturated rings. The second-order valence-electron chi connectivity index (χ2n) is 3.88. The minimum absolute atomic E-state index is 1.10. The Labute approximate surface area is 86.0 Å². The fourth-order valence-corrected chi connectivity index (χ4v) is 1.88. The van der Waals surface area contributed by atoms with Gasteiger partial charge in [0.25, 0.3) is 0 Å². The van der Waals surface area contributed by atoms with Gasteiger partial charge in [-0.15, -0.1) is 0 Å². The van der Waals surface area contributed by atoms with Crippen LogP contribution in [0.3, 0.4) is 0 Å². The SMILES string of the molecule is CCC1=CCC(c2cccc(C)c2)=C1. The van der Waals surface area contributed by atoms with Gasteiger partial charge in [0, 0.05) is 0 Å². The monoisotopic (exact) mass is 184 g/mol. The molecule has 0 radical (unpaired) electrons. The Morgan fingerprint density at radius 1 is 1.29 bits per heavy atom. The lowest BCUT2D eigenvalue weighted by Crippen LogP contribution is -1.81. The van der Waals surface area contributed by atoms with E-state index in [-0.39, 0.29) is 0 Å². The van der Waals surface area contributed by atoms with Gasteiger partial charge in [0.1, 0.15) is 0 Å². The van der Waals surface area contributed by atoms with Crippen molar-refractivity contribution in [3.05, 3.63) is 53.1 Å². The first kappa shape index (κ1) is 9.26. The lowest BCUT2D eigenvalue weighted by molar-refractivity contribution is 1.15. The summed E-state index contributed by atoms with van der Waals surface area (Å²) in [4.78, 5) is 0. The Hall–Kier alpha value is -1.30. The molecule has 0 atom stereocenters. The average molecular weight is 184 g/mol. The van der Waals surface area contributed by atoms with E-state index in [2.05, 4.69) is 50.3 Å². The van der Waals surface area contributed by atoms with Crippen molar-refractivity contribution in [3.8, 4) is 0 Å². The van der Waals surface area contributed by atoms with E-state index in [0.29, 0.717) is 0 Å². The van der Waals surface area contributed by atoms with Crippen LogP contribution in [0.1, 0.15) is 30.9 Å². The van der Waals surface area contributed by atoms with Crippen molar-refractivity contribution in [3.63, 3.8) is 0 Å². The minimum Gasteiger partial charge on any atom is -0.0769 e. The van der Waals surface area contributed by atoms with Crippen LogP contribution < -0.4 is 0 Å². The van der Waals surface area contributed by atoms with E-state index in [1.165, 1.54) is 22.3 Å². The predicted molar refractivity (Wildman–Crippen MR) is 62.1 cm³/mol. The smallest absolute Gasteiger partial charge is 0.00856 e. The van der Waals surface area contributed by atoms with Crippen molar-refractivity contribution in [2.24, 2.45) is 0 Å². The van der Waals surface area contributed by atoms with E-state index in [4.69, 9.17) is 0 Å². The van der Waals surface area contributed by atoms with Crippen LogP contribution in [0.25, 0.3) is 5.57 Å². The molecule has 0 heteroatoms. The van der Waals surface area contributed by atoms with Gasteiger partial charge >= 0.3 is 0 Å². The zero-order chi connectivity index (χ0) is 9.97. The van der Waals surface area contributed by atoms with Crippen LogP contribution in [-0.4, -0.2) is 0 Å². The number of aryl methyl sites for hydroxylation is 1. The predicted octanol–water partition coefficient (Wildman–Crippen LogP) is 4.12. The molecule has 0 nitrogen and oxygen atoms in total. The summed E-state index contributed by atoms with van der Waals surface area (Å²) in [7, 11) is 0. The van der Waals surface area contributed by atoms with Crippen LogP contribution in [0.15, 0.2) is 42.0 Å². The Morgan fingerprint density at radius 2 is 2.14 bits per heavy atom. The standard InChI is InChI=1S/C14H16/c1-3-12-7-8-14(10-12)13-6-4-5-11(2)9-13/h4-7,9-10H,3,8H2,1-2H3. The molecule has 0 N–H and O–H groups in total. The highest BCUT2D eigenvalue weighted by molar-refractivity contribution is 5.72. The molecule has 0 heterocycles. The Morgan fingerprint density at radius 3 is 2.79 bits per heavy atom. The molecule has 0 aliphatic heterocycles. The van der Waals surface area contributed by atoms with Gasteiger partial charge in [-0.25, -0.2) is 0 Å². The van der Waals surface area contributed by atoms with Gasteiger partial charge in [-0.05, 0) is 30.9 Å². The molecule has 72 valence electrons. The molecule has 0 saturated carbocycles. The number of hydrogen-bond acceptors (Lipinski definition) is 0. The zero-order valence-electron chi connectivity index (χ0n) is 8.88. The molecule has 0 bridgehead atoms. The van der Waals surface area contributed by atoms with E-state index >= 15 is 0 Å². The van der Waals surface area contributed by atoms with Crippen molar-refractivity contribution in [1.29, 1.82) is 0 Å². The zero-order valence-corrected chi connectivity index (χ0v) is 8.88. The quantitative estimate of drug-likeness (QED) is 0.648. The van der Waals surface area contributed by atoms with Crippen molar-refractivity contribution in [2.45, 2.75) is 26.7 Å². The molecule has 0 spiro atoms. The number of hydrogen-bond donors (Lipinski definition) is 0. The third kappa shape index (κ3) is 1.79. The average Bonchev–Trinajstić information content (AvgIpc) is 2.66. The summed E-state index contributed by atoms with van der Waals surface area (Å²) in [5.74, 6) is 0. The number of rotatable bonds is 2. The van der Waals surface area contributed by atoms with E-state index in [0.717, 1.165) is 12.8 Å². The summed E-state index contributed by atoms with van der Waals surface area (Å²) < 4.78 is 0. The van der Waals surface area contributed by atoms with Crippen LogP contribution in [-0.2, 0) is 0 Å². The molecule has 1 aliphatic rings. The Balaban J connectivity index is 2.27. The maximum Gasteiger partial charge on any atom is -0.00856 e. The van der Waals surface area contributed by atoms with E-state index in [9.17, 15) is 0 Å². The van der Waals surface area contributed by atoms with E-state index in [1.54, 1.807) is 0 Å². The van der Waals surface area contributed by atoms with Gasteiger partial charge in [0.2, 0.25) is 0 Å². The number of allylic oxidation sites excluding steroid dienone is 4. The molecular weight excluding hydrogens is 168 g/mol. The largest absolute Gasteiger partial charge is 0.0769 e. The van der Waals surface area contributed by atoms with Gasteiger partial charge in [-0.2, -0.15) is 0 Å². The van der Waals surface area contributed by atoms with Crippen molar-refractivity contribution in [1.82, 2.24) is 0 Å². The molecule has 1 aliphatic carbocycles. The van der Waals surface area contributed by atoms with Crippen LogP contribution in [0, 0.1) is 6.92 Å². The first-order valence-corrected chi connectivity index (χ1v) is 5.26. The highest BCUT2D eigenvalue weighted by atomic mass is 14.1. The maximum absolute atomic E-state index is 2.33. The van der Waals surface area contributed by atoms with E-state index < -0.39 is 0 Å². The van der Waals surface area contributed by atoms with Gasteiger partial charge in [0.15, 0.2) is 0 Å². The van der Waals surface area contributed by atoms with Crippen LogP contribution in [0.5, 0.6) is 0 Å². The second kappa shape index (κ2) is 3.83. The molecule has 0 amide bonds. The summed E-state index contributed by atoms with van der Waals surface area (Å²) >= 11 is 0. The van der Waals surface area contributed by atoms with Crippen molar-refractivity contribution in [2.75, 3.05) is 0 Å². The molecule has 0 unspecified atom stereocenters. The lowest BCUT2D eigenvalue weighted by Gasteiger charge is -2.02. The summed E-state index contributed by atoms with van der Waals surface area (Å²) in [5.41, 5.74) is 5.66. The Bertz CT molecular complexity index is 394. The fraction of sp³-hybridized carbons (Fsp3) is 0.286. The third-order valence-corrected chi connectivity index (χ3v) is 2.74. The molecule has 14 heavy (non-hydrogen) atoms. The molecule has 1 aromatic rings. The highest BCUT2D eigenvalue weighted by Gasteiger charge is 2.06. The Kier molecular flexibility index (Phi) is 2.53. The van der Waals surface area contributed by atoms with E-state index in [1.807, 2.05) is 0 Å². The summed E-state index contributed by atoms with van der Waals surface area (Å²) in [5, 5.41) is 0. The lowest BCUT2D eigenvalue weighted by atomic mass is 10.0. The number of benzene rings is 1. The second-order valence-corrected chi connectivity index (χ2v) is 3.88. The van der Waals surface area contributed by atoms with Crippen LogP contribution in [0.4, 0.5) is 0 Å². The summed E-state index contributed by atoms with van der Waals surface area (Å²) in [6, 6.07) is 8.74. The molecule has 0 saturated heterocycles. The van der Waals surface area contributed by atoms with Crippen molar-refractivity contribution >= 4 is 5.57 Å². The molecule has 1 aromatic carbocycles. The van der Waals surface area contributed by atoms with Gasteiger partial charge in [0.05, 0.1) is 0 Å². The fourth-order valence-electron chi connectivity index (χ4n) is 1.88. The normalized spacial score (nSPS) is 15.3. The summed E-state index contributed by atoms with van der Waals surface area (Å²) in [6.07, 6.45) is 6.91. The van der Waals surface area contributed by atoms with Gasteiger partial charge in [-0.1, -0.05) is 54.5 Å². The van der Waals surface area contributed by atoms with Gasteiger partial charge in [-0.3, -0.25) is 0 Å². The first-order valence-electron chi connectivity index (χ1n) is 5.26. The molecule has 2 rings (SSSR count). The third-order valence-electron chi connectivity index (χ3n) is 2.74. The first-order chi connectivity index (χ1) is 6.79. The van der Waals surface area contributed by atoms with Gasteiger partial charge < -0.3 is 0 Å². The summed E-state index contributed by atoms with van der Waals surface area (Å²) in [6.45, 7) is 4.36. The molecule has 0 aromatic heterocycles. The van der Waals surface area contributed by atoms with Crippen LogP contribution in [0.2, 0.25) is 0 Å². The van der Waals surface area contributed by atoms with Crippen LogP contribution >= 0.6 is 0 Å².